The number of fused-ring (bicyclic) bond motifs is 3. The first kappa shape index (κ1) is 22.4. The van der Waals surface area contributed by atoms with Gasteiger partial charge in [0.2, 0.25) is 5.79 Å². The van der Waals surface area contributed by atoms with Gasteiger partial charge in [-0.25, -0.2) is 0 Å². The highest BCUT2D eigenvalue weighted by Crippen LogP contribution is 2.36. The molecule has 0 radical (unpaired) electrons. The molecule has 0 aliphatic carbocycles. The number of unbranched alkanes of at least 4 members (excludes halogenated alkanes) is 1. The molecule has 0 amide bonds. The van der Waals surface area contributed by atoms with Gasteiger partial charge < -0.3 is 14.0 Å². The molecule has 4 aromatic carbocycles. The Kier molecular flexibility index (Phi) is 6.75. The van der Waals surface area contributed by atoms with Gasteiger partial charge in [0.05, 0.1) is 13.2 Å². The lowest BCUT2D eigenvalue weighted by molar-refractivity contribution is -0.219. The van der Waals surface area contributed by atoms with Crippen LogP contribution in [0.3, 0.4) is 0 Å². The van der Waals surface area contributed by atoms with E-state index in [1.165, 1.54) is 21.8 Å². The molecule has 5 aromatic rings. The van der Waals surface area contributed by atoms with Crippen LogP contribution in [0.25, 0.3) is 21.8 Å². The minimum atomic E-state index is -0.948. The van der Waals surface area contributed by atoms with Crippen LogP contribution in [-0.2, 0) is 21.8 Å². The van der Waals surface area contributed by atoms with E-state index in [1.807, 2.05) is 36.4 Å². The Balaban J connectivity index is 1.51. The molecular formula is C31H31NO2. The number of para-hydroxylation sites is 2. The molecule has 0 spiro atoms. The van der Waals surface area contributed by atoms with E-state index in [9.17, 15) is 0 Å². The van der Waals surface area contributed by atoms with Gasteiger partial charge in [0, 0.05) is 39.5 Å². The fraction of sp³-hybridized carbons (Fsp3) is 0.226. The van der Waals surface area contributed by atoms with Gasteiger partial charge in [0.25, 0.3) is 0 Å². The van der Waals surface area contributed by atoms with Crippen molar-refractivity contribution in [1.29, 1.82) is 0 Å². The zero-order valence-corrected chi connectivity index (χ0v) is 19.7. The average molecular weight is 450 g/mol. The monoisotopic (exact) mass is 449 g/mol. The van der Waals surface area contributed by atoms with Gasteiger partial charge in [-0.15, -0.1) is 0 Å². The normalized spacial score (nSPS) is 11.9. The van der Waals surface area contributed by atoms with Crippen LogP contribution in [0, 0.1) is 0 Å². The molecule has 0 aliphatic rings. The van der Waals surface area contributed by atoms with E-state index in [0.29, 0.717) is 13.2 Å². The van der Waals surface area contributed by atoms with Crippen LogP contribution >= 0.6 is 0 Å². The van der Waals surface area contributed by atoms with E-state index in [2.05, 4.69) is 84.3 Å². The van der Waals surface area contributed by atoms with Gasteiger partial charge in [-0.1, -0.05) is 110 Å². The third-order valence-electron chi connectivity index (χ3n) is 6.41. The minimum Gasteiger partial charge on any atom is -0.342 e. The van der Waals surface area contributed by atoms with Crippen LogP contribution in [0.15, 0.2) is 109 Å². The van der Waals surface area contributed by atoms with Gasteiger partial charge in [0.1, 0.15) is 0 Å². The highest BCUT2D eigenvalue weighted by atomic mass is 16.7. The van der Waals surface area contributed by atoms with Crippen molar-refractivity contribution in [2.24, 2.45) is 0 Å². The Hall–Kier alpha value is -3.40. The number of ether oxygens (including phenoxy) is 2. The number of benzene rings is 4. The second kappa shape index (κ2) is 10.3. The summed E-state index contributed by atoms with van der Waals surface area (Å²) in [5.74, 6) is -0.948. The van der Waals surface area contributed by atoms with Gasteiger partial charge in [0.15, 0.2) is 0 Å². The molecule has 0 unspecified atom stereocenters. The quantitative estimate of drug-likeness (QED) is 0.162. The molecule has 1 heterocycles. The number of rotatable bonds is 10. The van der Waals surface area contributed by atoms with Crippen molar-refractivity contribution < 1.29 is 9.47 Å². The SMILES string of the molecule is CCCCOC(OCCn1c2ccccc2c2ccccc21)(c1ccccc1)c1ccccc1. The molecule has 0 bridgehead atoms. The highest BCUT2D eigenvalue weighted by Gasteiger charge is 2.36. The number of aromatic nitrogens is 1. The van der Waals surface area contributed by atoms with E-state index in [1.54, 1.807) is 0 Å². The lowest BCUT2D eigenvalue weighted by Crippen LogP contribution is -2.36. The Morgan fingerprint density at radius 1 is 0.588 bits per heavy atom. The van der Waals surface area contributed by atoms with E-state index >= 15 is 0 Å². The zero-order chi connectivity index (χ0) is 23.2. The summed E-state index contributed by atoms with van der Waals surface area (Å²) >= 11 is 0. The summed E-state index contributed by atoms with van der Waals surface area (Å²) in [7, 11) is 0. The number of hydrogen-bond acceptors (Lipinski definition) is 2. The lowest BCUT2D eigenvalue weighted by Gasteiger charge is -2.35. The summed E-state index contributed by atoms with van der Waals surface area (Å²) < 4.78 is 15.7. The smallest absolute Gasteiger partial charge is 0.222 e. The molecule has 34 heavy (non-hydrogen) atoms. The van der Waals surface area contributed by atoms with Crippen LogP contribution < -0.4 is 0 Å². The van der Waals surface area contributed by atoms with Crippen LogP contribution in [0.4, 0.5) is 0 Å². The molecule has 3 nitrogen and oxygen atoms in total. The maximum absolute atomic E-state index is 6.78. The van der Waals surface area contributed by atoms with Crippen LogP contribution in [0.1, 0.15) is 30.9 Å². The lowest BCUT2D eigenvalue weighted by atomic mass is 9.97. The molecule has 0 N–H and O–H groups in total. The minimum absolute atomic E-state index is 0.512. The first-order valence-electron chi connectivity index (χ1n) is 12.2. The molecule has 3 heteroatoms. The Bertz CT molecular complexity index is 1250. The molecule has 0 atom stereocenters. The van der Waals surface area contributed by atoms with Crippen molar-refractivity contribution in [3.63, 3.8) is 0 Å². The molecule has 0 aliphatic heterocycles. The average Bonchev–Trinajstić information content (AvgIpc) is 3.23. The number of hydrogen-bond donors (Lipinski definition) is 0. The van der Waals surface area contributed by atoms with Gasteiger partial charge in [-0.3, -0.25) is 0 Å². The molecule has 0 saturated carbocycles. The zero-order valence-electron chi connectivity index (χ0n) is 19.7. The van der Waals surface area contributed by atoms with E-state index < -0.39 is 5.79 Å². The summed E-state index contributed by atoms with van der Waals surface area (Å²) in [4.78, 5) is 0. The van der Waals surface area contributed by atoms with Gasteiger partial charge in [-0.05, 0) is 18.6 Å². The second-order valence-corrected chi connectivity index (χ2v) is 8.59. The topological polar surface area (TPSA) is 23.4 Å². The number of nitrogens with zero attached hydrogens (tertiary/aromatic N) is 1. The van der Waals surface area contributed by atoms with Crippen LogP contribution in [-0.4, -0.2) is 17.8 Å². The Labute approximate surface area is 201 Å². The summed E-state index contributed by atoms with van der Waals surface area (Å²) in [6.07, 6.45) is 2.05. The standard InChI is InChI=1S/C31H31NO2/c1-2-3-23-33-31(25-14-6-4-7-15-25,26-16-8-5-9-17-26)34-24-22-32-29-20-12-10-18-27(29)28-19-11-13-21-30(28)32/h4-21H,2-3,22-24H2,1H3. The summed E-state index contributed by atoms with van der Waals surface area (Å²) in [5.41, 5.74) is 4.48. The van der Waals surface area contributed by atoms with Crippen molar-refractivity contribution in [2.75, 3.05) is 13.2 Å². The predicted octanol–water partition coefficient (Wildman–Crippen LogP) is 7.53. The fourth-order valence-electron chi connectivity index (χ4n) is 4.74. The largest absolute Gasteiger partial charge is 0.342 e. The fourth-order valence-corrected chi connectivity index (χ4v) is 4.74. The van der Waals surface area contributed by atoms with Crippen molar-refractivity contribution in [3.05, 3.63) is 120 Å². The van der Waals surface area contributed by atoms with Gasteiger partial charge >= 0.3 is 0 Å². The molecular weight excluding hydrogens is 418 g/mol. The van der Waals surface area contributed by atoms with Crippen LogP contribution in [0.5, 0.6) is 0 Å². The molecule has 172 valence electrons. The summed E-state index contributed by atoms with van der Waals surface area (Å²) in [6.45, 7) is 4.06. The highest BCUT2D eigenvalue weighted by molar-refractivity contribution is 6.07. The maximum Gasteiger partial charge on any atom is 0.222 e. The van der Waals surface area contributed by atoms with E-state index in [0.717, 1.165) is 30.5 Å². The first-order chi connectivity index (χ1) is 16.8. The Morgan fingerprint density at radius 2 is 1.06 bits per heavy atom. The molecule has 0 saturated heterocycles. The van der Waals surface area contributed by atoms with Crippen molar-refractivity contribution in [3.8, 4) is 0 Å². The Morgan fingerprint density at radius 3 is 1.59 bits per heavy atom. The van der Waals surface area contributed by atoms with Crippen molar-refractivity contribution >= 4 is 21.8 Å². The predicted molar refractivity (Wildman–Crippen MR) is 140 cm³/mol. The molecule has 1 aromatic heterocycles. The van der Waals surface area contributed by atoms with E-state index in [-0.39, 0.29) is 0 Å². The summed E-state index contributed by atoms with van der Waals surface area (Å²) in [5, 5.41) is 2.55. The maximum atomic E-state index is 6.78. The van der Waals surface area contributed by atoms with Gasteiger partial charge in [-0.2, -0.15) is 0 Å². The third-order valence-corrected chi connectivity index (χ3v) is 6.41. The second-order valence-electron chi connectivity index (χ2n) is 8.59. The summed E-state index contributed by atoms with van der Waals surface area (Å²) in [6, 6.07) is 37.8. The van der Waals surface area contributed by atoms with E-state index in [4.69, 9.17) is 9.47 Å². The van der Waals surface area contributed by atoms with Crippen molar-refractivity contribution in [2.45, 2.75) is 32.1 Å². The molecule has 5 rings (SSSR count). The third kappa shape index (κ3) is 4.25. The van der Waals surface area contributed by atoms with Crippen molar-refractivity contribution in [1.82, 2.24) is 4.57 Å². The first-order valence-corrected chi connectivity index (χ1v) is 12.2. The van der Waals surface area contributed by atoms with Crippen LogP contribution in [0.2, 0.25) is 0 Å². The molecule has 0 fully saturated rings.